The number of hydrogen-bond acceptors (Lipinski definition) is 1. The van der Waals surface area contributed by atoms with Crippen molar-refractivity contribution in [1.29, 1.82) is 0 Å². The van der Waals surface area contributed by atoms with Gasteiger partial charge in [0, 0.05) is 13.1 Å². The molecule has 0 aliphatic rings. The van der Waals surface area contributed by atoms with Crippen molar-refractivity contribution in [1.82, 2.24) is 4.90 Å². The maximum Gasteiger partial charge on any atom is 0.0190 e. The number of hydrogen-bond donors (Lipinski definition) is 0. The van der Waals surface area contributed by atoms with Crippen LogP contribution in [0.5, 0.6) is 0 Å². The molecule has 0 aliphatic carbocycles. The van der Waals surface area contributed by atoms with E-state index < -0.39 is 0 Å². The van der Waals surface area contributed by atoms with Crippen molar-refractivity contribution >= 4 is 0 Å². The molecule has 10 heavy (non-hydrogen) atoms. The third-order valence-corrected chi connectivity index (χ3v) is 1.45. The van der Waals surface area contributed by atoms with Crippen molar-refractivity contribution in [3.63, 3.8) is 0 Å². The fourth-order valence-corrected chi connectivity index (χ4v) is 0.802. The number of likely N-dealkylation sites (N-methyl/N-ethyl adjacent to an activating group) is 1. The summed E-state index contributed by atoms with van der Waals surface area (Å²) in [6, 6.07) is 0. The quantitative estimate of drug-likeness (QED) is 0.539. The van der Waals surface area contributed by atoms with Crippen molar-refractivity contribution < 1.29 is 0 Å². The van der Waals surface area contributed by atoms with Crippen LogP contribution >= 0.6 is 0 Å². The van der Waals surface area contributed by atoms with Crippen LogP contribution in [0.4, 0.5) is 0 Å². The highest BCUT2D eigenvalue weighted by atomic mass is 15.1. The van der Waals surface area contributed by atoms with E-state index in [9.17, 15) is 0 Å². The minimum Gasteiger partial charge on any atom is -0.299 e. The number of allylic oxidation sites excluding steroid dienone is 1. The van der Waals surface area contributed by atoms with Gasteiger partial charge in [-0.05, 0) is 20.9 Å². The molecule has 0 amide bonds. The van der Waals surface area contributed by atoms with Crippen molar-refractivity contribution in [3.05, 3.63) is 24.3 Å². The molecule has 0 aromatic heterocycles. The molecular formula is C9H17N. The van der Waals surface area contributed by atoms with Crippen LogP contribution in [-0.4, -0.2) is 25.0 Å². The minimum absolute atomic E-state index is 0.963. The van der Waals surface area contributed by atoms with Crippen LogP contribution in [-0.2, 0) is 0 Å². The Balaban J connectivity index is 3.56. The first-order valence-electron chi connectivity index (χ1n) is 3.62. The van der Waals surface area contributed by atoms with E-state index in [1.165, 1.54) is 5.57 Å². The first kappa shape index (κ1) is 9.44. The SMILES string of the molecule is C=CCN(C)C/C(C)=C/C. The van der Waals surface area contributed by atoms with Gasteiger partial charge in [-0.1, -0.05) is 17.7 Å². The lowest BCUT2D eigenvalue weighted by Crippen LogP contribution is -2.19. The highest BCUT2D eigenvalue weighted by molar-refractivity contribution is 4.98. The highest BCUT2D eigenvalue weighted by Crippen LogP contribution is 1.94. The summed E-state index contributed by atoms with van der Waals surface area (Å²) in [4.78, 5) is 2.22. The molecule has 0 atom stereocenters. The molecule has 1 nitrogen and oxygen atoms in total. The molecule has 0 spiro atoms. The molecule has 0 aromatic rings. The minimum atomic E-state index is 0.963. The normalized spacial score (nSPS) is 12.2. The Labute approximate surface area is 64.0 Å². The molecule has 0 heterocycles. The Kier molecular flexibility index (Phi) is 4.95. The summed E-state index contributed by atoms with van der Waals surface area (Å²) < 4.78 is 0. The Morgan fingerprint density at radius 1 is 1.60 bits per heavy atom. The molecule has 0 rings (SSSR count). The largest absolute Gasteiger partial charge is 0.299 e. The molecule has 1 heteroatoms. The maximum absolute atomic E-state index is 3.67. The second-order valence-corrected chi connectivity index (χ2v) is 2.62. The Morgan fingerprint density at radius 2 is 2.20 bits per heavy atom. The van der Waals surface area contributed by atoms with Crippen LogP contribution < -0.4 is 0 Å². The monoisotopic (exact) mass is 139 g/mol. The summed E-state index contributed by atoms with van der Waals surface area (Å²) in [5, 5.41) is 0. The second kappa shape index (κ2) is 5.24. The average Bonchev–Trinajstić information content (AvgIpc) is 1.88. The van der Waals surface area contributed by atoms with Crippen LogP contribution in [0, 0.1) is 0 Å². The summed E-state index contributed by atoms with van der Waals surface area (Å²) in [5.41, 5.74) is 1.41. The number of nitrogens with zero attached hydrogens (tertiary/aromatic N) is 1. The lowest BCUT2D eigenvalue weighted by atomic mass is 10.3. The summed E-state index contributed by atoms with van der Waals surface area (Å²) in [6.45, 7) is 9.89. The van der Waals surface area contributed by atoms with Gasteiger partial charge in [-0.15, -0.1) is 6.58 Å². The molecule has 0 aromatic carbocycles. The molecule has 0 saturated carbocycles. The molecule has 0 fully saturated rings. The summed E-state index contributed by atoms with van der Waals surface area (Å²) in [6.07, 6.45) is 4.06. The molecule has 58 valence electrons. The predicted octanol–water partition coefficient (Wildman–Crippen LogP) is 2.07. The third kappa shape index (κ3) is 4.33. The van der Waals surface area contributed by atoms with Crippen LogP contribution in [0.3, 0.4) is 0 Å². The smallest absolute Gasteiger partial charge is 0.0190 e. The van der Waals surface area contributed by atoms with Crippen molar-refractivity contribution in [2.75, 3.05) is 20.1 Å². The zero-order valence-electron chi connectivity index (χ0n) is 7.22. The fourth-order valence-electron chi connectivity index (χ4n) is 0.802. The lowest BCUT2D eigenvalue weighted by Gasteiger charge is -2.13. The van der Waals surface area contributed by atoms with Gasteiger partial charge in [0.15, 0.2) is 0 Å². The van der Waals surface area contributed by atoms with Gasteiger partial charge in [-0.2, -0.15) is 0 Å². The van der Waals surface area contributed by atoms with E-state index in [0.717, 1.165) is 13.1 Å². The standard InChI is InChI=1S/C9H17N/c1-5-7-10(4)8-9(3)6-2/h5-6H,1,7-8H2,2-4H3/b9-6+. The van der Waals surface area contributed by atoms with Gasteiger partial charge in [-0.25, -0.2) is 0 Å². The van der Waals surface area contributed by atoms with Crippen LogP contribution in [0.25, 0.3) is 0 Å². The van der Waals surface area contributed by atoms with Crippen molar-refractivity contribution in [3.8, 4) is 0 Å². The highest BCUT2D eigenvalue weighted by Gasteiger charge is 1.93. The Hall–Kier alpha value is -0.560. The predicted molar refractivity (Wildman–Crippen MR) is 47.1 cm³/mol. The van der Waals surface area contributed by atoms with E-state index in [-0.39, 0.29) is 0 Å². The van der Waals surface area contributed by atoms with Gasteiger partial charge in [0.1, 0.15) is 0 Å². The molecule has 0 aliphatic heterocycles. The zero-order valence-corrected chi connectivity index (χ0v) is 7.22. The van der Waals surface area contributed by atoms with Crippen LogP contribution in [0.15, 0.2) is 24.3 Å². The first-order chi connectivity index (χ1) is 4.70. The molecule has 0 unspecified atom stereocenters. The maximum atomic E-state index is 3.67. The van der Waals surface area contributed by atoms with Gasteiger partial charge in [0.2, 0.25) is 0 Å². The van der Waals surface area contributed by atoms with Crippen molar-refractivity contribution in [2.24, 2.45) is 0 Å². The van der Waals surface area contributed by atoms with E-state index in [1.807, 2.05) is 6.08 Å². The third-order valence-electron chi connectivity index (χ3n) is 1.45. The summed E-state index contributed by atoms with van der Waals surface area (Å²) >= 11 is 0. The first-order valence-corrected chi connectivity index (χ1v) is 3.62. The van der Waals surface area contributed by atoms with Gasteiger partial charge in [0.25, 0.3) is 0 Å². The molecule has 0 radical (unpaired) electrons. The van der Waals surface area contributed by atoms with E-state index in [0.29, 0.717) is 0 Å². The Morgan fingerprint density at radius 3 is 2.60 bits per heavy atom. The van der Waals surface area contributed by atoms with E-state index in [1.54, 1.807) is 0 Å². The Bertz CT molecular complexity index is 125. The van der Waals surface area contributed by atoms with E-state index in [2.05, 4.69) is 38.5 Å². The second-order valence-electron chi connectivity index (χ2n) is 2.62. The van der Waals surface area contributed by atoms with Crippen molar-refractivity contribution in [2.45, 2.75) is 13.8 Å². The van der Waals surface area contributed by atoms with Gasteiger partial charge >= 0.3 is 0 Å². The molecular weight excluding hydrogens is 122 g/mol. The van der Waals surface area contributed by atoms with Crippen LogP contribution in [0.1, 0.15) is 13.8 Å². The summed E-state index contributed by atoms with van der Waals surface area (Å²) in [5.74, 6) is 0. The van der Waals surface area contributed by atoms with E-state index >= 15 is 0 Å². The number of rotatable bonds is 4. The zero-order chi connectivity index (χ0) is 7.98. The fraction of sp³-hybridized carbons (Fsp3) is 0.556. The van der Waals surface area contributed by atoms with Gasteiger partial charge in [-0.3, -0.25) is 4.90 Å². The average molecular weight is 139 g/mol. The van der Waals surface area contributed by atoms with E-state index in [4.69, 9.17) is 0 Å². The molecule has 0 saturated heterocycles. The molecule has 0 bridgehead atoms. The lowest BCUT2D eigenvalue weighted by molar-refractivity contribution is 0.403. The summed E-state index contributed by atoms with van der Waals surface area (Å²) in [7, 11) is 2.09. The van der Waals surface area contributed by atoms with Gasteiger partial charge in [0.05, 0.1) is 0 Å². The molecule has 0 N–H and O–H groups in total. The van der Waals surface area contributed by atoms with Gasteiger partial charge < -0.3 is 0 Å². The van der Waals surface area contributed by atoms with Crippen LogP contribution in [0.2, 0.25) is 0 Å². The topological polar surface area (TPSA) is 3.24 Å².